The molecule has 1 fully saturated rings. The van der Waals surface area contributed by atoms with Crippen molar-refractivity contribution in [2.75, 3.05) is 21.3 Å². The molecule has 12 rings (SSSR count). The van der Waals surface area contributed by atoms with Gasteiger partial charge in [0, 0.05) is 34.9 Å². The molecule has 14 heteroatoms. The first kappa shape index (κ1) is 46.2. The van der Waals surface area contributed by atoms with Crippen LogP contribution in [0.1, 0.15) is 56.3 Å². The zero-order chi connectivity index (χ0) is 50.3. The van der Waals surface area contributed by atoms with E-state index in [1.54, 1.807) is 56.0 Å². The highest BCUT2D eigenvalue weighted by atomic mass is 28.4. The Balaban J connectivity index is 0.946. The third kappa shape index (κ3) is 7.54. The van der Waals surface area contributed by atoms with Gasteiger partial charge in [-0.15, -0.1) is 0 Å². The van der Waals surface area contributed by atoms with Crippen LogP contribution in [0.5, 0.6) is 23.0 Å². The fraction of sp³-hybridized carbons (Fsp3) is 0.220. The van der Waals surface area contributed by atoms with Gasteiger partial charge in [0.1, 0.15) is 11.5 Å². The minimum atomic E-state index is -3.26. The number of ether oxygens (including phenoxy) is 3. The first-order valence-electron chi connectivity index (χ1n) is 24.7. The van der Waals surface area contributed by atoms with Gasteiger partial charge in [-0.05, 0) is 115 Å². The molecule has 0 radical (unpaired) electrons. The zero-order valence-corrected chi connectivity index (χ0v) is 41.5. The molecule has 7 aromatic carbocycles. The number of amides is 4. The predicted octanol–water partition coefficient (Wildman–Crippen LogP) is 10.5. The average molecular weight is 989 g/mol. The van der Waals surface area contributed by atoms with Crippen LogP contribution in [0.2, 0.25) is 18.6 Å². The number of anilines is 5. The summed E-state index contributed by atoms with van der Waals surface area (Å²) in [5, 5.41) is 10.6. The molecule has 7 aromatic rings. The van der Waals surface area contributed by atoms with E-state index in [4.69, 9.17) is 14.2 Å². The Hall–Kier alpha value is -7.88. The van der Waals surface area contributed by atoms with E-state index in [9.17, 15) is 24.3 Å². The molecule has 4 amide bonds. The monoisotopic (exact) mass is 988 g/mol. The molecular weight excluding hydrogens is 937 g/mol. The van der Waals surface area contributed by atoms with Gasteiger partial charge in [-0.2, -0.15) is 0 Å². The topological polar surface area (TPSA) is 149 Å². The van der Waals surface area contributed by atoms with Crippen molar-refractivity contribution in [1.82, 2.24) is 4.90 Å². The summed E-state index contributed by atoms with van der Waals surface area (Å²) < 4.78 is 19.9. The van der Waals surface area contributed by atoms with Gasteiger partial charge in [0.2, 0.25) is 5.91 Å². The fourth-order valence-electron chi connectivity index (χ4n) is 12.0. The minimum Gasteiger partial charge on any atom is -0.454 e. The van der Waals surface area contributed by atoms with Crippen LogP contribution in [0.25, 0.3) is 0 Å². The normalized spacial score (nSPS) is 21.8. The number of fused-ring (bicyclic) bond motifs is 7. The van der Waals surface area contributed by atoms with E-state index in [1.165, 1.54) is 0 Å². The number of rotatable bonds is 8. The Labute approximate surface area is 423 Å². The molecular formula is C59H52N4O9Si. The summed E-state index contributed by atoms with van der Waals surface area (Å²) in [6.45, 7) is 5.76. The van der Waals surface area contributed by atoms with E-state index in [-0.39, 0.29) is 43.2 Å². The number of aliphatic hydroxyl groups excluding tert-OH is 1. The lowest BCUT2D eigenvalue weighted by atomic mass is 9.82. The number of benzene rings is 7. The third-order valence-corrected chi connectivity index (χ3v) is 17.8. The quantitative estimate of drug-likeness (QED) is 0.142. The molecule has 0 unspecified atom stereocenters. The Kier molecular flexibility index (Phi) is 11.2. The number of para-hydroxylation sites is 6. The molecule has 2 N–H and O–H groups in total. The number of carbonyl (C=O) groups excluding carboxylic acids is 4. The molecule has 73 heavy (non-hydrogen) atoms. The Bertz CT molecular complexity index is 3390. The van der Waals surface area contributed by atoms with E-state index in [0.29, 0.717) is 81.1 Å². The van der Waals surface area contributed by atoms with Gasteiger partial charge in [0.25, 0.3) is 17.7 Å². The fourth-order valence-corrected chi connectivity index (χ4v) is 14.5. The van der Waals surface area contributed by atoms with Crippen LogP contribution < -0.4 is 24.2 Å². The number of aliphatic hydroxyl groups is 1. The second-order valence-electron chi connectivity index (χ2n) is 20.1. The summed E-state index contributed by atoms with van der Waals surface area (Å²) >= 11 is 0. The number of hydrogen-bond donors (Lipinski definition) is 2. The van der Waals surface area contributed by atoms with Crippen molar-refractivity contribution in [2.45, 2.75) is 69.2 Å². The van der Waals surface area contributed by atoms with Crippen LogP contribution >= 0.6 is 0 Å². The summed E-state index contributed by atoms with van der Waals surface area (Å²) in [7, 11) is -3.26. The third-order valence-electron chi connectivity index (χ3n) is 15.3. The van der Waals surface area contributed by atoms with Crippen molar-refractivity contribution in [1.29, 1.82) is 0 Å². The lowest BCUT2D eigenvalue weighted by molar-refractivity contribution is -0.151. The summed E-state index contributed by atoms with van der Waals surface area (Å²) in [6.07, 6.45) is -0.513. The van der Waals surface area contributed by atoms with Gasteiger partial charge in [-0.3, -0.25) is 29.0 Å². The van der Waals surface area contributed by atoms with Crippen molar-refractivity contribution >= 4 is 60.4 Å². The molecule has 5 heterocycles. The van der Waals surface area contributed by atoms with Gasteiger partial charge in [-0.25, -0.2) is 0 Å². The molecule has 366 valence electrons. The van der Waals surface area contributed by atoms with Crippen LogP contribution in [0.15, 0.2) is 164 Å². The van der Waals surface area contributed by atoms with E-state index in [0.717, 1.165) is 16.7 Å². The van der Waals surface area contributed by atoms with Crippen molar-refractivity contribution in [3.63, 3.8) is 0 Å². The maximum Gasteiger partial charge on any atom is 0.266 e. The first-order chi connectivity index (χ1) is 35.3. The van der Waals surface area contributed by atoms with Gasteiger partial charge in [0.15, 0.2) is 25.4 Å². The number of nitrogens with zero attached hydrogens (tertiary/aromatic N) is 4. The second kappa shape index (κ2) is 17.7. The van der Waals surface area contributed by atoms with Gasteiger partial charge in [-0.1, -0.05) is 91.9 Å². The minimum absolute atomic E-state index is 0.103. The number of hydrogen-bond acceptors (Lipinski definition) is 9. The maximum absolute atomic E-state index is 15.9. The molecule has 0 aromatic heterocycles. The van der Waals surface area contributed by atoms with Crippen LogP contribution in [0.3, 0.4) is 0 Å². The Morgan fingerprint density at radius 3 is 1.79 bits per heavy atom. The smallest absolute Gasteiger partial charge is 0.266 e. The van der Waals surface area contributed by atoms with Crippen molar-refractivity contribution in [3.8, 4) is 23.0 Å². The molecule has 0 aliphatic carbocycles. The summed E-state index contributed by atoms with van der Waals surface area (Å²) in [4.78, 5) is 78.6. The highest BCUT2D eigenvalue weighted by Gasteiger charge is 2.66. The van der Waals surface area contributed by atoms with Gasteiger partial charge < -0.3 is 33.9 Å². The maximum atomic E-state index is 15.9. The van der Waals surface area contributed by atoms with E-state index in [1.807, 2.05) is 147 Å². The molecule has 5 aliphatic rings. The van der Waals surface area contributed by atoms with E-state index < -0.39 is 37.5 Å². The van der Waals surface area contributed by atoms with Crippen molar-refractivity contribution in [3.05, 3.63) is 197 Å². The van der Waals surface area contributed by atoms with E-state index in [2.05, 4.69) is 0 Å². The SMILES string of the molecule is C[C@@H]1[C@@H]([Si](C)(C)O)[C@H](CC(=O)N2Cc3ccccc3C[C@H]2CO)O[C@@]12C(=O)N(Cc1ccc(N3C(=O)c4ccccc4Oc4ccccc43)cc1)c1ccc(N3C(=O)c4ccccc4Oc4ccccc43)cc12. The molecule has 0 saturated carbocycles. The lowest BCUT2D eigenvalue weighted by Crippen LogP contribution is -2.48. The Morgan fingerprint density at radius 2 is 1.19 bits per heavy atom. The Morgan fingerprint density at radius 1 is 0.658 bits per heavy atom. The molecule has 5 aliphatic heterocycles. The molecule has 1 spiro atoms. The predicted molar refractivity (Wildman–Crippen MR) is 278 cm³/mol. The van der Waals surface area contributed by atoms with Crippen LogP contribution in [0.4, 0.5) is 28.4 Å². The number of carbonyl (C=O) groups is 4. The highest BCUT2D eigenvalue weighted by molar-refractivity contribution is 6.71. The molecule has 5 atom stereocenters. The standard InChI is InChI=1S/C59H52N4O9Si/c1-36-55(73(2,3)69)53(32-54(65)60-34-39-15-5-4-14-38(39)30-42(60)35-64)72-59(36)45-31-41(63-48-19-9-13-23-52(48)71-50-21-11-7-17-44(50)57(63)67)28-29-46(45)61(58(59)68)33-37-24-26-40(27-25-37)62-47-18-8-12-22-51(47)70-49-20-10-6-16-43(49)56(62)66/h4-29,31,36,42,53,55,64,69H,30,32-35H2,1-3H3/t36-,42+,53+,55-,59+/m1/s1. The van der Waals surface area contributed by atoms with Crippen molar-refractivity contribution < 1.29 is 43.3 Å². The summed E-state index contributed by atoms with van der Waals surface area (Å²) in [6, 6.07) is 49.4. The largest absolute Gasteiger partial charge is 0.454 e. The van der Waals surface area contributed by atoms with Crippen molar-refractivity contribution in [2.24, 2.45) is 5.92 Å². The van der Waals surface area contributed by atoms with Crippen LogP contribution in [-0.4, -0.2) is 65.5 Å². The zero-order valence-electron chi connectivity index (χ0n) is 40.5. The van der Waals surface area contributed by atoms with Gasteiger partial charge >= 0.3 is 0 Å². The van der Waals surface area contributed by atoms with Gasteiger partial charge in [0.05, 0.1) is 59.9 Å². The average Bonchev–Trinajstić information content (AvgIpc) is 3.72. The molecule has 13 nitrogen and oxygen atoms in total. The van der Waals surface area contributed by atoms with E-state index >= 15 is 4.79 Å². The summed E-state index contributed by atoms with van der Waals surface area (Å²) in [5.41, 5.74) is 4.54. The first-order valence-corrected chi connectivity index (χ1v) is 27.7. The highest BCUT2D eigenvalue weighted by Crippen LogP contribution is 2.61. The molecule has 1 saturated heterocycles. The summed E-state index contributed by atoms with van der Waals surface area (Å²) in [5.74, 6) is 0.0408. The van der Waals surface area contributed by atoms with Crippen LogP contribution in [-0.2, 0) is 39.4 Å². The van der Waals surface area contributed by atoms with Crippen LogP contribution in [0, 0.1) is 5.92 Å². The second-order valence-corrected chi connectivity index (χ2v) is 24.0. The lowest BCUT2D eigenvalue weighted by Gasteiger charge is -2.37. The molecule has 0 bridgehead atoms.